The zero-order chi connectivity index (χ0) is 11.4. The number of carbonyl (C=O) groups is 1. The molecule has 0 heterocycles. The minimum absolute atomic E-state index is 0.0962. The third-order valence-electron chi connectivity index (χ3n) is 1.76. The normalized spacial score (nSPS) is 15.4. The van der Waals surface area contributed by atoms with Gasteiger partial charge in [-0.1, -0.05) is 26.7 Å². The summed E-state index contributed by atoms with van der Waals surface area (Å²) in [5, 5.41) is 11.8. The van der Waals surface area contributed by atoms with Gasteiger partial charge in [0.25, 0.3) is 0 Å². The lowest BCUT2D eigenvalue weighted by atomic mass is 9.95. The van der Waals surface area contributed by atoms with Crippen LogP contribution >= 0.6 is 0 Å². The summed E-state index contributed by atoms with van der Waals surface area (Å²) in [4.78, 5) is 11.5. The second-order valence-corrected chi connectivity index (χ2v) is 4.53. The minimum Gasteiger partial charge on any atom is -0.393 e. The molecule has 0 unspecified atom stereocenters. The Labute approximate surface area is 85.9 Å². The molecule has 0 aliphatic heterocycles. The Morgan fingerprint density at radius 2 is 2.07 bits per heavy atom. The Bertz CT molecular complexity index is 233. The highest BCUT2D eigenvalue weighted by Gasteiger charge is 2.23. The van der Waals surface area contributed by atoms with Crippen molar-refractivity contribution in [1.82, 2.24) is 5.32 Å². The monoisotopic (exact) mass is 197 g/mol. The van der Waals surface area contributed by atoms with E-state index in [1.807, 2.05) is 20.8 Å². The van der Waals surface area contributed by atoms with E-state index in [2.05, 4.69) is 11.2 Å². The molecule has 0 spiro atoms. The Morgan fingerprint density at radius 1 is 1.57 bits per heavy atom. The molecule has 0 rings (SSSR count). The first-order chi connectivity index (χ1) is 6.27. The molecule has 2 atom stereocenters. The summed E-state index contributed by atoms with van der Waals surface area (Å²) in [6.45, 7) is 7.10. The summed E-state index contributed by atoms with van der Waals surface area (Å²) in [7, 11) is 0. The topological polar surface area (TPSA) is 49.3 Å². The van der Waals surface area contributed by atoms with Gasteiger partial charge in [-0.25, -0.2) is 0 Å². The Hall–Kier alpha value is -1.01. The molecule has 3 nitrogen and oxygen atoms in total. The van der Waals surface area contributed by atoms with Crippen molar-refractivity contribution in [2.24, 2.45) is 5.41 Å². The van der Waals surface area contributed by atoms with Gasteiger partial charge in [0.1, 0.15) is 0 Å². The molecule has 0 aromatic carbocycles. The average Bonchev–Trinajstić information content (AvgIpc) is 2.00. The van der Waals surface area contributed by atoms with E-state index in [0.717, 1.165) is 0 Å². The summed E-state index contributed by atoms with van der Waals surface area (Å²) in [5.74, 6) is 2.35. The van der Waals surface area contributed by atoms with Crippen molar-refractivity contribution >= 4 is 5.91 Å². The van der Waals surface area contributed by atoms with Crippen LogP contribution in [0.1, 0.15) is 34.1 Å². The number of terminal acetylenes is 1. The first-order valence-corrected chi connectivity index (χ1v) is 4.72. The molecule has 0 fully saturated rings. The Morgan fingerprint density at radius 3 is 2.36 bits per heavy atom. The predicted octanol–water partition coefficient (Wildman–Crippen LogP) is 0.921. The van der Waals surface area contributed by atoms with Gasteiger partial charge >= 0.3 is 0 Å². The second-order valence-electron chi connectivity index (χ2n) is 4.53. The highest BCUT2D eigenvalue weighted by molar-refractivity contribution is 5.81. The molecule has 2 N–H and O–H groups in total. The van der Waals surface area contributed by atoms with Crippen LogP contribution in [0.15, 0.2) is 0 Å². The molecule has 0 saturated carbocycles. The smallest absolute Gasteiger partial charge is 0.226 e. The molecule has 80 valence electrons. The number of aliphatic hydroxyl groups excluding tert-OH is 1. The number of nitrogens with one attached hydrogen (secondary N) is 1. The van der Waals surface area contributed by atoms with Crippen LogP contribution in [0.2, 0.25) is 0 Å². The molecule has 0 aliphatic carbocycles. The average molecular weight is 197 g/mol. The molecule has 0 bridgehead atoms. The zero-order valence-corrected chi connectivity index (χ0v) is 9.29. The number of carbonyl (C=O) groups excluding carboxylic acids is 1. The number of hydrogen-bond donors (Lipinski definition) is 2. The molecule has 0 radical (unpaired) electrons. The fourth-order valence-corrected chi connectivity index (χ4v) is 0.884. The Balaban J connectivity index is 4.22. The fraction of sp³-hybridized carbons (Fsp3) is 0.727. The van der Waals surface area contributed by atoms with Crippen LogP contribution in [-0.2, 0) is 4.79 Å². The third-order valence-corrected chi connectivity index (χ3v) is 1.76. The zero-order valence-electron chi connectivity index (χ0n) is 9.29. The highest BCUT2D eigenvalue weighted by Crippen LogP contribution is 2.13. The summed E-state index contributed by atoms with van der Waals surface area (Å²) in [5.41, 5.74) is -0.451. The minimum atomic E-state index is -0.503. The summed E-state index contributed by atoms with van der Waals surface area (Å²) < 4.78 is 0. The van der Waals surface area contributed by atoms with Crippen molar-refractivity contribution in [2.75, 3.05) is 0 Å². The molecule has 0 saturated heterocycles. The van der Waals surface area contributed by atoms with Gasteiger partial charge in [-0.05, 0) is 6.92 Å². The van der Waals surface area contributed by atoms with E-state index in [0.29, 0.717) is 6.42 Å². The van der Waals surface area contributed by atoms with Crippen molar-refractivity contribution in [3.63, 3.8) is 0 Å². The van der Waals surface area contributed by atoms with Crippen LogP contribution in [0, 0.1) is 17.8 Å². The van der Waals surface area contributed by atoms with Crippen molar-refractivity contribution in [1.29, 1.82) is 0 Å². The molecular weight excluding hydrogens is 178 g/mol. The quantitative estimate of drug-likeness (QED) is 0.661. The van der Waals surface area contributed by atoms with Crippen LogP contribution in [0.4, 0.5) is 0 Å². The lowest BCUT2D eigenvalue weighted by molar-refractivity contribution is -0.129. The van der Waals surface area contributed by atoms with E-state index >= 15 is 0 Å². The van der Waals surface area contributed by atoms with Crippen LogP contribution in [0.3, 0.4) is 0 Å². The second kappa shape index (κ2) is 5.02. The first kappa shape index (κ1) is 13.0. The van der Waals surface area contributed by atoms with Crippen molar-refractivity contribution in [3.8, 4) is 12.3 Å². The van der Waals surface area contributed by atoms with Crippen LogP contribution in [0.5, 0.6) is 0 Å². The summed E-state index contributed by atoms with van der Waals surface area (Å²) in [6.07, 6.45) is 5.12. The number of hydrogen-bond acceptors (Lipinski definition) is 2. The van der Waals surface area contributed by atoms with Gasteiger partial charge in [0, 0.05) is 11.8 Å². The summed E-state index contributed by atoms with van der Waals surface area (Å²) >= 11 is 0. The van der Waals surface area contributed by atoms with Gasteiger partial charge in [0.2, 0.25) is 5.91 Å². The number of amides is 1. The van der Waals surface area contributed by atoms with E-state index in [1.54, 1.807) is 6.92 Å². The lowest BCUT2D eigenvalue weighted by Gasteiger charge is -2.21. The highest BCUT2D eigenvalue weighted by atomic mass is 16.3. The van der Waals surface area contributed by atoms with Crippen molar-refractivity contribution < 1.29 is 9.90 Å². The molecular formula is C11H19NO2. The maximum atomic E-state index is 11.5. The molecule has 0 aliphatic rings. The van der Waals surface area contributed by atoms with Crippen molar-refractivity contribution in [2.45, 2.75) is 46.3 Å². The van der Waals surface area contributed by atoms with Crippen LogP contribution < -0.4 is 5.32 Å². The van der Waals surface area contributed by atoms with E-state index in [1.165, 1.54) is 0 Å². The Kier molecular flexibility index (Phi) is 4.65. The maximum Gasteiger partial charge on any atom is 0.226 e. The SMILES string of the molecule is C#C[C@H](C[C@@H](C)O)NC(=O)C(C)(C)C. The van der Waals surface area contributed by atoms with Gasteiger partial charge in [-0.15, -0.1) is 6.42 Å². The standard InChI is InChI=1S/C11H19NO2/c1-6-9(7-8(2)13)12-10(14)11(3,4)5/h1,8-9,13H,7H2,2-5H3,(H,12,14)/t8-,9-/m1/s1. The molecule has 3 heteroatoms. The maximum absolute atomic E-state index is 11.5. The van der Waals surface area contributed by atoms with E-state index in [-0.39, 0.29) is 11.9 Å². The predicted molar refractivity (Wildman–Crippen MR) is 56.5 cm³/mol. The van der Waals surface area contributed by atoms with E-state index in [4.69, 9.17) is 11.5 Å². The number of rotatable bonds is 3. The van der Waals surface area contributed by atoms with Gasteiger partial charge in [-0.3, -0.25) is 4.79 Å². The third kappa shape index (κ3) is 4.88. The lowest BCUT2D eigenvalue weighted by Crippen LogP contribution is -2.42. The first-order valence-electron chi connectivity index (χ1n) is 4.72. The van der Waals surface area contributed by atoms with Gasteiger partial charge < -0.3 is 10.4 Å². The van der Waals surface area contributed by atoms with Crippen molar-refractivity contribution in [3.05, 3.63) is 0 Å². The van der Waals surface area contributed by atoms with E-state index < -0.39 is 11.5 Å². The molecule has 0 aromatic heterocycles. The van der Waals surface area contributed by atoms with Crippen LogP contribution in [-0.4, -0.2) is 23.2 Å². The fourth-order valence-electron chi connectivity index (χ4n) is 0.884. The van der Waals surface area contributed by atoms with Gasteiger partial charge in [-0.2, -0.15) is 0 Å². The number of aliphatic hydroxyl groups is 1. The van der Waals surface area contributed by atoms with Crippen LogP contribution in [0.25, 0.3) is 0 Å². The summed E-state index contributed by atoms with van der Waals surface area (Å²) in [6, 6.07) is -0.387. The van der Waals surface area contributed by atoms with Gasteiger partial charge in [0.05, 0.1) is 12.1 Å². The molecule has 0 aromatic rings. The largest absolute Gasteiger partial charge is 0.393 e. The molecule has 1 amide bonds. The molecule has 14 heavy (non-hydrogen) atoms. The van der Waals surface area contributed by atoms with Gasteiger partial charge in [0.15, 0.2) is 0 Å². The van der Waals surface area contributed by atoms with E-state index in [9.17, 15) is 4.79 Å².